The van der Waals surface area contributed by atoms with E-state index in [9.17, 15) is 9.18 Å². The van der Waals surface area contributed by atoms with Crippen LogP contribution in [0, 0.1) is 19.7 Å². The quantitative estimate of drug-likeness (QED) is 0.112. The largest absolute Gasteiger partial charge is 0.493 e. The van der Waals surface area contributed by atoms with E-state index in [0.717, 1.165) is 42.7 Å². The molecule has 1 fully saturated rings. The lowest BCUT2D eigenvalue weighted by Crippen LogP contribution is -2.47. The molecule has 0 spiro atoms. The standard InChI is InChI=1S/C42H41ClFN3O4.ClH/c1-30-3-5-34(6-4-30)29-50-38-16-17-40(45-27-38)51-42-31(2)25-35(26-39(42)43)11-18-41(48)47-22-20-46(21-23-47)28-33-9-7-32(8-10-33)19-24-49-37-14-12-36(44)13-15-37;/h3-18,25-27H,19-24,28-29H2,1-2H3;1H. The van der Waals surface area contributed by atoms with E-state index in [1.807, 2.05) is 36.1 Å². The molecule has 1 aromatic heterocycles. The molecule has 0 bridgehead atoms. The van der Waals surface area contributed by atoms with E-state index in [-0.39, 0.29) is 24.1 Å². The number of aryl methyl sites for hydroxylation is 2. The molecule has 2 heterocycles. The molecule has 6 rings (SSSR count). The first-order chi connectivity index (χ1) is 24.8. The molecule has 4 aromatic carbocycles. The summed E-state index contributed by atoms with van der Waals surface area (Å²) in [6.07, 6.45) is 5.80. The first kappa shape index (κ1) is 38.3. The minimum Gasteiger partial charge on any atom is -0.493 e. The molecule has 0 saturated carbocycles. The Hall–Kier alpha value is -4.89. The first-order valence-electron chi connectivity index (χ1n) is 17.1. The maximum atomic E-state index is 13.1. The summed E-state index contributed by atoms with van der Waals surface area (Å²) in [7, 11) is 0. The maximum Gasteiger partial charge on any atom is 0.246 e. The van der Waals surface area contributed by atoms with Crippen molar-refractivity contribution in [2.24, 2.45) is 0 Å². The number of hydrogen-bond acceptors (Lipinski definition) is 6. The van der Waals surface area contributed by atoms with Gasteiger partial charge in [0, 0.05) is 51.3 Å². The van der Waals surface area contributed by atoms with E-state index >= 15 is 0 Å². The summed E-state index contributed by atoms with van der Waals surface area (Å²) in [6.45, 7) is 8.72. The molecule has 0 atom stereocenters. The van der Waals surface area contributed by atoms with Crippen LogP contribution in [-0.4, -0.2) is 53.5 Å². The zero-order valence-corrected chi connectivity index (χ0v) is 30.8. The topological polar surface area (TPSA) is 64.1 Å². The minimum atomic E-state index is -0.272. The summed E-state index contributed by atoms with van der Waals surface area (Å²) in [6, 6.07) is 30.1. The van der Waals surface area contributed by atoms with E-state index in [2.05, 4.69) is 53.2 Å². The van der Waals surface area contributed by atoms with Crippen LogP contribution in [0.3, 0.4) is 0 Å². The maximum absolute atomic E-state index is 13.1. The van der Waals surface area contributed by atoms with Crippen molar-refractivity contribution >= 4 is 36.0 Å². The Morgan fingerprint density at radius 1 is 0.827 bits per heavy atom. The van der Waals surface area contributed by atoms with E-state index in [0.29, 0.717) is 54.5 Å². The van der Waals surface area contributed by atoms with Gasteiger partial charge in [-0.1, -0.05) is 65.7 Å². The fourth-order valence-electron chi connectivity index (χ4n) is 5.74. The summed E-state index contributed by atoms with van der Waals surface area (Å²) in [5.41, 5.74) is 6.35. The molecule has 0 unspecified atom stereocenters. The van der Waals surface area contributed by atoms with Gasteiger partial charge in [-0.05, 0) is 90.2 Å². The number of aromatic nitrogens is 1. The van der Waals surface area contributed by atoms with Gasteiger partial charge in [0.25, 0.3) is 0 Å². The highest BCUT2D eigenvalue weighted by Gasteiger charge is 2.20. The van der Waals surface area contributed by atoms with Gasteiger partial charge in [-0.2, -0.15) is 0 Å². The van der Waals surface area contributed by atoms with Crippen LogP contribution in [0.4, 0.5) is 4.39 Å². The summed E-state index contributed by atoms with van der Waals surface area (Å²) in [5.74, 6) is 1.94. The summed E-state index contributed by atoms with van der Waals surface area (Å²) in [5, 5.41) is 0.434. The van der Waals surface area contributed by atoms with Crippen LogP contribution in [0.5, 0.6) is 23.1 Å². The molecule has 52 heavy (non-hydrogen) atoms. The molecule has 10 heteroatoms. The molecule has 5 aromatic rings. The van der Waals surface area contributed by atoms with Crippen molar-refractivity contribution in [3.8, 4) is 23.1 Å². The van der Waals surface area contributed by atoms with E-state index in [4.69, 9.17) is 25.8 Å². The lowest BCUT2D eigenvalue weighted by atomic mass is 10.1. The van der Waals surface area contributed by atoms with Crippen LogP contribution in [-0.2, 0) is 24.4 Å². The Morgan fingerprint density at radius 3 is 2.17 bits per heavy atom. The van der Waals surface area contributed by atoms with Crippen LogP contribution in [0.2, 0.25) is 5.02 Å². The average Bonchev–Trinajstić information content (AvgIpc) is 3.14. The van der Waals surface area contributed by atoms with Crippen molar-refractivity contribution in [1.29, 1.82) is 0 Å². The molecular weight excluding hydrogens is 700 g/mol. The van der Waals surface area contributed by atoms with Crippen LogP contribution < -0.4 is 14.2 Å². The van der Waals surface area contributed by atoms with Gasteiger partial charge < -0.3 is 19.1 Å². The summed E-state index contributed by atoms with van der Waals surface area (Å²) in [4.78, 5) is 21.7. The third kappa shape index (κ3) is 11.1. The van der Waals surface area contributed by atoms with Gasteiger partial charge in [-0.25, -0.2) is 9.37 Å². The molecular formula is C42H42Cl2FN3O4. The second-order valence-corrected chi connectivity index (χ2v) is 13.1. The van der Waals surface area contributed by atoms with Gasteiger partial charge >= 0.3 is 0 Å². The lowest BCUT2D eigenvalue weighted by molar-refractivity contribution is -0.127. The molecule has 1 aliphatic rings. The Morgan fingerprint density at radius 2 is 1.50 bits per heavy atom. The van der Waals surface area contributed by atoms with Gasteiger partial charge in [-0.3, -0.25) is 9.69 Å². The van der Waals surface area contributed by atoms with E-state index in [1.54, 1.807) is 42.6 Å². The van der Waals surface area contributed by atoms with Gasteiger partial charge in [0.15, 0.2) is 5.75 Å². The monoisotopic (exact) mass is 741 g/mol. The van der Waals surface area contributed by atoms with Crippen LogP contribution in [0.1, 0.15) is 33.4 Å². The fourth-order valence-corrected chi connectivity index (χ4v) is 6.05. The SMILES string of the molecule is Cc1ccc(COc2ccc(Oc3c(C)cc(C=CC(=O)N4CCN(Cc5ccc(CCOc6ccc(F)cc6)cc5)CC4)cc3Cl)nc2)cc1.Cl. The normalized spacial score (nSPS) is 13.1. The predicted molar refractivity (Wildman–Crippen MR) is 206 cm³/mol. The molecule has 0 N–H and O–H groups in total. The van der Waals surface area contributed by atoms with Crippen LogP contribution in [0.15, 0.2) is 109 Å². The van der Waals surface area contributed by atoms with Crippen molar-refractivity contribution in [1.82, 2.24) is 14.8 Å². The number of ether oxygens (including phenoxy) is 3. The smallest absolute Gasteiger partial charge is 0.246 e. The minimum absolute atomic E-state index is 0. The molecule has 1 saturated heterocycles. The molecule has 1 amide bonds. The number of benzene rings is 4. The number of piperazine rings is 1. The summed E-state index contributed by atoms with van der Waals surface area (Å²) < 4.78 is 30.7. The zero-order chi connectivity index (χ0) is 35.6. The Bertz CT molecular complexity index is 1910. The van der Waals surface area contributed by atoms with E-state index in [1.165, 1.54) is 28.8 Å². The van der Waals surface area contributed by atoms with Gasteiger partial charge in [0.2, 0.25) is 11.8 Å². The number of carbonyl (C=O) groups is 1. The Labute approximate surface area is 316 Å². The van der Waals surface area contributed by atoms with Crippen molar-refractivity contribution in [2.75, 3.05) is 32.8 Å². The van der Waals surface area contributed by atoms with Crippen LogP contribution >= 0.6 is 24.0 Å². The van der Waals surface area contributed by atoms with Crippen molar-refractivity contribution in [3.63, 3.8) is 0 Å². The second-order valence-electron chi connectivity index (χ2n) is 12.7. The highest BCUT2D eigenvalue weighted by Crippen LogP contribution is 2.34. The van der Waals surface area contributed by atoms with Gasteiger partial charge in [0.1, 0.15) is 23.9 Å². The Kier molecular flexibility index (Phi) is 13.7. The number of nitrogens with zero attached hydrogens (tertiary/aromatic N) is 3. The number of amides is 1. The fraction of sp³-hybridized carbons (Fsp3) is 0.238. The number of carbonyl (C=O) groups excluding carboxylic acids is 1. The third-order valence-corrected chi connectivity index (χ3v) is 8.98. The molecule has 7 nitrogen and oxygen atoms in total. The highest BCUT2D eigenvalue weighted by atomic mass is 35.5. The van der Waals surface area contributed by atoms with E-state index < -0.39 is 0 Å². The first-order valence-corrected chi connectivity index (χ1v) is 17.4. The van der Waals surface area contributed by atoms with Gasteiger partial charge in [-0.15, -0.1) is 12.4 Å². The molecule has 0 aliphatic carbocycles. The average molecular weight is 743 g/mol. The molecule has 270 valence electrons. The van der Waals surface area contributed by atoms with Crippen molar-refractivity contribution in [3.05, 3.63) is 154 Å². The number of pyridine rings is 1. The van der Waals surface area contributed by atoms with Crippen LogP contribution in [0.25, 0.3) is 6.08 Å². The number of halogens is 3. The Balaban J connectivity index is 0.00000523. The number of hydrogen-bond donors (Lipinski definition) is 0. The number of rotatable bonds is 13. The van der Waals surface area contributed by atoms with Crippen molar-refractivity contribution in [2.45, 2.75) is 33.4 Å². The van der Waals surface area contributed by atoms with Crippen molar-refractivity contribution < 1.29 is 23.4 Å². The zero-order valence-electron chi connectivity index (χ0n) is 29.3. The second kappa shape index (κ2) is 18.6. The lowest BCUT2D eigenvalue weighted by Gasteiger charge is -2.34. The molecule has 1 aliphatic heterocycles. The van der Waals surface area contributed by atoms with Gasteiger partial charge in [0.05, 0.1) is 17.8 Å². The predicted octanol–water partition coefficient (Wildman–Crippen LogP) is 9.26. The highest BCUT2D eigenvalue weighted by molar-refractivity contribution is 6.32. The third-order valence-electron chi connectivity index (χ3n) is 8.70. The summed E-state index contributed by atoms with van der Waals surface area (Å²) >= 11 is 6.62. The molecule has 0 radical (unpaired) electrons.